The van der Waals surface area contributed by atoms with Crippen LogP contribution in [-0.2, 0) is 0 Å². The third-order valence-electron chi connectivity index (χ3n) is 3.67. The molecule has 5 nitrogen and oxygen atoms in total. The maximum absolute atomic E-state index is 5.25. The van der Waals surface area contributed by atoms with E-state index in [9.17, 15) is 0 Å². The smallest absolute Gasteiger partial charge is 0.229 e. The molecule has 0 fully saturated rings. The second kappa shape index (κ2) is 7.21. The van der Waals surface area contributed by atoms with Crippen LogP contribution in [-0.4, -0.2) is 17.1 Å². The van der Waals surface area contributed by atoms with Crippen LogP contribution in [0.4, 0.5) is 23.1 Å². The van der Waals surface area contributed by atoms with Gasteiger partial charge < -0.3 is 15.4 Å². The Labute approximate surface area is 148 Å². The first-order valence-electron chi connectivity index (χ1n) is 8.14. The predicted molar refractivity (Wildman–Crippen MR) is 102 cm³/mol. The van der Waals surface area contributed by atoms with Crippen LogP contribution in [0.15, 0.2) is 48.5 Å². The standard InChI is InChI=1S/C20H22N4O/c1-13-8-14(2)10-17(9-13)22-19-11-15(3)21-20(24-19)23-16-6-5-7-18(12-16)25-4/h5-12H,1-4H3,(H2,21,22,23,24). The van der Waals surface area contributed by atoms with E-state index in [0.717, 1.165) is 28.6 Å². The number of aryl methyl sites for hydroxylation is 3. The molecule has 0 aliphatic heterocycles. The predicted octanol–water partition coefficient (Wildman–Crippen LogP) is 4.90. The number of benzene rings is 2. The van der Waals surface area contributed by atoms with Gasteiger partial charge in [0.2, 0.25) is 5.95 Å². The molecule has 5 heteroatoms. The van der Waals surface area contributed by atoms with Gasteiger partial charge in [0.15, 0.2) is 0 Å². The van der Waals surface area contributed by atoms with E-state index in [1.165, 1.54) is 11.1 Å². The summed E-state index contributed by atoms with van der Waals surface area (Å²) in [5.74, 6) is 2.08. The number of nitrogens with zero attached hydrogens (tertiary/aromatic N) is 2. The first-order chi connectivity index (χ1) is 12.0. The zero-order chi connectivity index (χ0) is 17.8. The summed E-state index contributed by atoms with van der Waals surface area (Å²) in [5, 5.41) is 6.59. The monoisotopic (exact) mass is 334 g/mol. The Kier molecular flexibility index (Phi) is 4.84. The first-order valence-corrected chi connectivity index (χ1v) is 8.14. The third-order valence-corrected chi connectivity index (χ3v) is 3.67. The highest BCUT2D eigenvalue weighted by atomic mass is 16.5. The highest BCUT2D eigenvalue weighted by Crippen LogP contribution is 2.22. The van der Waals surface area contributed by atoms with Crippen LogP contribution in [0.1, 0.15) is 16.8 Å². The lowest BCUT2D eigenvalue weighted by molar-refractivity contribution is 0.415. The minimum Gasteiger partial charge on any atom is -0.497 e. The number of hydrogen-bond acceptors (Lipinski definition) is 5. The van der Waals surface area contributed by atoms with Crippen LogP contribution < -0.4 is 15.4 Å². The lowest BCUT2D eigenvalue weighted by Gasteiger charge is -2.11. The van der Waals surface area contributed by atoms with E-state index in [1.54, 1.807) is 7.11 Å². The lowest BCUT2D eigenvalue weighted by atomic mass is 10.1. The summed E-state index contributed by atoms with van der Waals surface area (Å²) in [6.07, 6.45) is 0. The van der Waals surface area contributed by atoms with E-state index < -0.39 is 0 Å². The van der Waals surface area contributed by atoms with Crippen LogP contribution in [0, 0.1) is 20.8 Å². The number of methoxy groups -OCH3 is 1. The molecule has 128 valence electrons. The van der Waals surface area contributed by atoms with Crippen LogP contribution >= 0.6 is 0 Å². The molecule has 0 spiro atoms. The molecular formula is C20H22N4O. The van der Waals surface area contributed by atoms with Crippen molar-refractivity contribution in [2.24, 2.45) is 0 Å². The van der Waals surface area contributed by atoms with E-state index in [0.29, 0.717) is 5.95 Å². The fourth-order valence-electron chi connectivity index (χ4n) is 2.71. The van der Waals surface area contributed by atoms with E-state index in [-0.39, 0.29) is 0 Å². The van der Waals surface area contributed by atoms with Gasteiger partial charge in [0.1, 0.15) is 11.6 Å². The van der Waals surface area contributed by atoms with Gasteiger partial charge in [0, 0.05) is 29.2 Å². The van der Waals surface area contributed by atoms with Gasteiger partial charge in [-0.25, -0.2) is 4.98 Å². The molecule has 3 rings (SSSR count). The maximum Gasteiger partial charge on any atom is 0.229 e. The molecule has 3 aromatic rings. The second-order valence-corrected chi connectivity index (χ2v) is 6.08. The molecule has 2 N–H and O–H groups in total. The maximum atomic E-state index is 5.25. The Morgan fingerprint density at radius 1 is 0.800 bits per heavy atom. The molecule has 0 aliphatic carbocycles. The minimum atomic E-state index is 0.542. The Morgan fingerprint density at radius 2 is 1.56 bits per heavy atom. The molecule has 0 aliphatic rings. The number of nitrogens with one attached hydrogen (secondary N) is 2. The first kappa shape index (κ1) is 16.8. The van der Waals surface area contributed by atoms with Gasteiger partial charge in [-0.2, -0.15) is 4.98 Å². The lowest BCUT2D eigenvalue weighted by Crippen LogP contribution is -2.02. The molecule has 25 heavy (non-hydrogen) atoms. The number of ether oxygens (including phenoxy) is 1. The van der Waals surface area contributed by atoms with Crippen LogP contribution in [0.3, 0.4) is 0 Å². The minimum absolute atomic E-state index is 0.542. The molecule has 1 heterocycles. The number of anilines is 4. The summed E-state index contributed by atoms with van der Waals surface area (Å²) in [4.78, 5) is 9.02. The quantitative estimate of drug-likeness (QED) is 0.695. The highest BCUT2D eigenvalue weighted by molar-refractivity contribution is 5.62. The van der Waals surface area contributed by atoms with Crippen molar-refractivity contribution in [2.75, 3.05) is 17.7 Å². The van der Waals surface area contributed by atoms with Gasteiger partial charge in [-0.3, -0.25) is 0 Å². The average Bonchev–Trinajstić information content (AvgIpc) is 2.53. The van der Waals surface area contributed by atoms with Gasteiger partial charge >= 0.3 is 0 Å². The van der Waals surface area contributed by atoms with Crippen molar-refractivity contribution in [2.45, 2.75) is 20.8 Å². The second-order valence-electron chi connectivity index (χ2n) is 6.08. The van der Waals surface area contributed by atoms with Gasteiger partial charge in [-0.05, 0) is 56.2 Å². The Morgan fingerprint density at radius 3 is 2.28 bits per heavy atom. The highest BCUT2D eigenvalue weighted by Gasteiger charge is 2.05. The summed E-state index contributed by atoms with van der Waals surface area (Å²) in [6, 6.07) is 15.9. The van der Waals surface area contributed by atoms with Crippen molar-refractivity contribution in [1.29, 1.82) is 0 Å². The number of hydrogen-bond donors (Lipinski definition) is 2. The molecule has 0 saturated carbocycles. The largest absolute Gasteiger partial charge is 0.497 e. The SMILES string of the molecule is COc1cccc(Nc2nc(C)cc(Nc3cc(C)cc(C)c3)n2)c1. The number of rotatable bonds is 5. The zero-order valence-electron chi connectivity index (χ0n) is 14.9. The van der Waals surface area contributed by atoms with E-state index in [4.69, 9.17) is 4.74 Å². The van der Waals surface area contributed by atoms with Crippen molar-refractivity contribution in [3.8, 4) is 5.75 Å². The van der Waals surface area contributed by atoms with Gasteiger partial charge in [-0.15, -0.1) is 0 Å². The van der Waals surface area contributed by atoms with E-state index in [2.05, 4.69) is 52.6 Å². The van der Waals surface area contributed by atoms with E-state index in [1.807, 2.05) is 37.3 Å². The van der Waals surface area contributed by atoms with Crippen molar-refractivity contribution in [3.05, 3.63) is 65.4 Å². The van der Waals surface area contributed by atoms with Crippen LogP contribution in [0.5, 0.6) is 5.75 Å². The van der Waals surface area contributed by atoms with Gasteiger partial charge in [0.25, 0.3) is 0 Å². The zero-order valence-corrected chi connectivity index (χ0v) is 14.9. The Bertz CT molecular complexity index is 872. The molecule has 0 unspecified atom stereocenters. The molecular weight excluding hydrogens is 312 g/mol. The molecule has 0 amide bonds. The summed E-state index contributed by atoms with van der Waals surface area (Å²) in [5.41, 5.74) is 5.20. The van der Waals surface area contributed by atoms with Crippen LogP contribution in [0.25, 0.3) is 0 Å². The molecule has 0 radical (unpaired) electrons. The summed E-state index contributed by atoms with van der Waals surface area (Å²) in [7, 11) is 1.65. The van der Waals surface area contributed by atoms with Gasteiger partial charge in [0.05, 0.1) is 7.11 Å². The van der Waals surface area contributed by atoms with Gasteiger partial charge in [-0.1, -0.05) is 12.1 Å². The van der Waals surface area contributed by atoms with E-state index >= 15 is 0 Å². The molecule has 0 bridgehead atoms. The Hall–Kier alpha value is -3.08. The molecule has 2 aromatic carbocycles. The third kappa shape index (κ3) is 4.47. The fraction of sp³-hybridized carbons (Fsp3) is 0.200. The summed E-state index contributed by atoms with van der Waals surface area (Å²) >= 11 is 0. The summed E-state index contributed by atoms with van der Waals surface area (Å²) < 4.78 is 5.25. The fourth-order valence-corrected chi connectivity index (χ4v) is 2.71. The average molecular weight is 334 g/mol. The van der Waals surface area contributed by atoms with Crippen molar-refractivity contribution < 1.29 is 4.74 Å². The van der Waals surface area contributed by atoms with Crippen LogP contribution in [0.2, 0.25) is 0 Å². The summed E-state index contributed by atoms with van der Waals surface area (Å²) in [6.45, 7) is 6.11. The van der Waals surface area contributed by atoms with Crippen molar-refractivity contribution in [3.63, 3.8) is 0 Å². The topological polar surface area (TPSA) is 59.1 Å². The number of aromatic nitrogens is 2. The van der Waals surface area contributed by atoms with Crippen molar-refractivity contribution in [1.82, 2.24) is 9.97 Å². The van der Waals surface area contributed by atoms with Crippen molar-refractivity contribution >= 4 is 23.1 Å². The molecule has 0 atom stereocenters. The Balaban J connectivity index is 1.84. The molecule has 0 saturated heterocycles. The normalized spacial score (nSPS) is 10.4. The molecule has 1 aromatic heterocycles.